The van der Waals surface area contributed by atoms with Crippen molar-refractivity contribution in [1.82, 2.24) is 9.97 Å². The number of carbonyl (C=O) groups is 1. The van der Waals surface area contributed by atoms with E-state index in [2.05, 4.69) is 20.6 Å². The summed E-state index contributed by atoms with van der Waals surface area (Å²) in [5.74, 6) is 0.972. The summed E-state index contributed by atoms with van der Waals surface area (Å²) in [5.41, 5.74) is 1.43. The Balaban J connectivity index is 1.68. The number of carbonyl (C=O) groups excluding carboxylic acids is 1. The Hall–Kier alpha value is -3.48. The van der Waals surface area contributed by atoms with Gasteiger partial charge in [-0.25, -0.2) is 14.4 Å². The van der Waals surface area contributed by atoms with Crippen LogP contribution in [0, 0.1) is 12.7 Å². The molecule has 1 amide bonds. The lowest BCUT2D eigenvalue weighted by Crippen LogP contribution is -2.17. The summed E-state index contributed by atoms with van der Waals surface area (Å²) in [6.07, 6.45) is 0.499. The second-order valence-electron chi connectivity index (χ2n) is 6.34. The van der Waals surface area contributed by atoms with Crippen LogP contribution in [0.1, 0.15) is 28.8 Å². The Morgan fingerprint density at radius 1 is 1.10 bits per heavy atom. The van der Waals surface area contributed by atoms with E-state index in [0.717, 1.165) is 0 Å². The molecule has 2 aromatic carbocycles. The van der Waals surface area contributed by atoms with E-state index in [-0.39, 0.29) is 17.4 Å². The van der Waals surface area contributed by atoms with Crippen LogP contribution in [0.15, 0.2) is 54.6 Å². The lowest BCUT2D eigenvalue weighted by atomic mass is 10.1. The lowest BCUT2D eigenvalue weighted by molar-refractivity contribution is 0.102. The van der Waals surface area contributed by atoms with Gasteiger partial charge in [-0.05, 0) is 44.0 Å². The summed E-state index contributed by atoms with van der Waals surface area (Å²) < 4.78 is 19.3. The average Bonchev–Trinajstić information content (AvgIpc) is 2.71. The van der Waals surface area contributed by atoms with Crippen LogP contribution in [-0.2, 0) is 6.42 Å². The molecule has 0 radical (unpaired) electrons. The molecule has 0 aliphatic carbocycles. The van der Waals surface area contributed by atoms with Crippen LogP contribution in [0.2, 0.25) is 0 Å². The van der Waals surface area contributed by atoms with E-state index in [1.54, 1.807) is 43.3 Å². The second-order valence-corrected chi connectivity index (χ2v) is 6.34. The molecule has 1 aromatic heterocycles. The highest BCUT2D eigenvalue weighted by molar-refractivity contribution is 6.04. The van der Waals surface area contributed by atoms with Gasteiger partial charge in [0, 0.05) is 12.6 Å². The number of aryl methyl sites for hydroxylation is 1. The number of rotatable bonds is 8. The Kier molecular flexibility index (Phi) is 6.73. The van der Waals surface area contributed by atoms with E-state index >= 15 is 0 Å². The molecule has 29 heavy (non-hydrogen) atoms. The second kappa shape index (κ2) is 9.64. The summed E-state index contributed by atoms with van der Waals surface area (Å²) in [4.78, 5) is 21.2. The third-order valence-electron chi connectivity index (χ3n) is 4.16. The van der Waals surface area contributed by atoms with Gasteiger partial charge in [-0.1, -0.05) is 30.3 Å². The van der Waals surface area contributed by atoms with Crippen molar-refractivity contribution in [2.75, 3.05) is 23.8 Å². The topological polar surface area (TPSA) is 76.1 Å². The Morgan fingerprint density at radius 2 is 1.86 bits per heavy atom. The van der Waals surface area contributed by atoms with Crippen LogP contribution in [0.5, 0.6) is 5.75 Å². The Morgan fingerprint density at radius 3 is 2.66 bits per heavy atom. The first-order chi connectivity index (χ1) is 14.1. The van der Waals surface area contributed by atoms with Crippen LogP contribution in [-0.4, -0.2) is 29.0 Å². The molecule has 0 aliphatic heterocycles. The maximum absolute atomic E-state index is 13.7. The SMILES string of the molecule is CCOc1ccccc1NC(=O)c1cc(NCCc2ccccc2F)nc(C)n1. The van der Waals surface area contributed by atoms with Gasteiger partial charge in [0.2, 0.25) is 0 Å². The highest BCUT2D eigenvalue weighted by Crippen LogP contribution is 2.24. The van der Waals surface area contributed by atoms with Crippen molar-refractivity contribution < 1.29 is 13.9 Å². The fraction of sp³-hybridized carbons (Fsp3) is 0.227. The Bertz CT molecular complexity index is 994. The molecule has 0 fully saturated rings. The molecular weight excluding hydrogens is 371 g/mol. The van der Waals surface area contributed by atoms with Gasteiger partial charge in [-0.2, -0.15) is 0 Å². The van der Waals surface area contributed by atoms with E-state index in [1.807, 2.05) is 19.1 Å². The van der Waals surface area contributed by atoms with Gasteiger partial charge in [-0.3, -0.25) is 4.79 Å². The highest BCUT2D eigenvalue weighted by Gasteiger charge is 2.13. The van der Waals surface area contributed by atoms with Crippen molar-refractivity contribution in [3.8, 4) is 5.75 Å². The van der Waals surface area contributed by atoms with Crippen molar-refractivity contribution in [2.45, 2.75) is 20.3 Å². The quantitative estimate of drug-likeness (QED) is 0.598. The summed E-state index contributed by atoms with van der Waals surface area (Å²) in [7, 11) is 0. The normalized spacial score (nSPS) is 10.4. The van der Waals surface area contributed by atoms with E-state index in [9.17, 15) is 9.18 Å². The van der Waals surface area contributed by atoms with E-state index in [1.165, 1.54) is 6.07 Å². The monoisotopic (exact) mass is 394 g/mol. The molecule has 7 heteroatoms. The number of amides is 1. The summed E-state index contributed by atoms with van der Waals surface area (Å²) in [5, 5.41) is 5.95. The molecule has 1 heterocycles. The molecular formula is C22H23FN4O2. The molecule has 0 bridgehead atoms. The predicted octanol–water partition coefficient (Wildman–Crippen LogP) is 4.23. The molecule has 3 rings (SSSR count). The number of para-hydroxylation sites is 2. The zero-order valence-electron chi connectivity index (χ0n) is 16.4. The van der Waals surface area contributed by atoms with Crippen LogP contribution < -0.4 is 15.4 Å². The molecule has 0 saturated carbocycles. The van der Waals surface area contributed by atoms with Crippen molar-refractivity contribution in [3.05, 3.63) is 77.5 Å². The predicted molar refractivity (Wildman–Crippen MR) is 111 cm³/mol. The van der Waals surface area contributed by atoms with Gasteiger partial charge >= 0.3 is 0 Å². The smallest absolute Gasteiger partial charge is 0.274 e. The molecule has 0 unspecified atom stereocenters. The fourth-order valence-corrected chi connectivity index (χ4v) is 2.84. The largest absolute Gasteiger partial charge is 0.492 e. The number of hydrogen-bond acceptors (Lipinski definition) is 5. The number of nitrogens with zero attached hydrogens (tertiary/aromatic N) is 2. The van der Waals surface area contributed by atoms with Crippen LogP contribution >= 0.6 is 0 Å². The number of nitrogens with one attached hydrogen (secondary N) is 2. The molecule has 150 valence electrons. The van der Waals surface area contributed by atoms with Crippen molar-refractivity contribution in [2.24, 2.45) is 0 Å². The van der Waals surface area contributed by atoms with Crippen molar-refractivity contribution in [1.29, 1.82) is 0 Å². The molecule has 0 saturated heterocycles. The van der Waals surface area contributed by atoms with Gasteiger partial charge in [0.1, 0.15) is 28.9 Å². The van der Waals surface area contributed by atoms with E-state index in [4.69, 9.17) is 4.74 Å². The maximum Gasteiger partial charge on any atom is 0.274 e. The first-order valence-corrected chi connectivity index (χ1v) is 9.43. The van der Waals surface area contributed by atoms with Crippen molar-refractivity contribution in [3.63, 3.8) is 0 Å². The molecule has 3 aromatic rings. The zero-order chi connectivity index (χ0) is 20.6. The van der Waals surface area contributed by atoms with E-state index in [0.29, 0.717) is 48.2 Å². The minimum absolute atomic E-state index is 0.234. The van der Waals surface area contributed by atoms with Crippen LogP contribution in [0.25, 0.3) is 0 Å². The number of benzene rings is 2. The van der Waals surface area contributed by atoms with Crippen molar-refractivity contribution >= 4 is 17.4 Å². The fourth-order valence-electron chi connectivity index (χ4n) is 2.84. The average molecular weight is 394 g/mol. The maximum atomic E-state index is 13.7. The standard InChI is InChI=1S/C22H23FN4O2/c1-3-29-20-11-7-6-10-18(20)27-22(28)19-14-21(26-15(2)25-19)24-13-12-16-8-4-5-9-17(16)23/h4-11,14H,3,12-13H2,1-2H3,(H,27,28)(H,24,25,26). The highest BCUT2D eigenvalue weighted by atomic mass is 19.1. The number of anilines is 2. The molecule has 0 spiro atoms. The molecule has 2 N–H and O–H groups in total. The third-order valence-corrected chi connectivity index (χ3v) is 4.16. The molecule has 0 atom stereocenters. The number of ether oxygens (including phenoxy) is 1. The number of aromatic nitrogens is 2. The molecule has 6 nitrogen and oxygen atoms in total. The summed E-state index contributed by atoms with van der Waals surface area (Å²) >= 11 is 0. The summed E-state index contributed by atoms with van der Waals surface area (Å²) in [6, 6.07) is 15.4. The number of halogens is 1. The lowest BCUT2D eigenvalue weighted by Gasteiger charge is -2.12. The first-order valence-electron chi connectivity index (χ1n) is 9.43. The number of hydrogen-bond donors (Lipinski definition) is 2. The van der Waals surface area contributed by atoms with Gasteiger partial charge < -0.3 is 15.4 Å². The molecule has 0 aliphatic rings. The zero-order valence-corrected chi connectivity index (χ0v) is 16.4. The van der Waals surface area contributed by atoms with Crippen LogP contribution in [0.3, 0.4) is 0 Å². The van der Waals surface area contributed by atoms with Gasteiger partial charge in [0.25, 0.3) is 5.91 Å². The van der Waals surface area contributed by atoms with Gasteiger partial charge in [-0.15, -0.1) is 0 Å². The Labute approximate surface area is 169 Å². The first kappa shape index (κ1) is 20.3. The van der Waals surface area contributed by atoms with E-state index < -0.39 is 0 Å². The van der Waals surface area contributed by atoms with Crippen LogP contribution in [0.4, 0.5) is 15.9 Å². The summed E-state index contributed by atoms with van der Waals surface area (Å²) in [6.45, 7) is 4.57. The van der Waals surface area contributed by atoms with Gasteiger partial charge in [0.15, 0.2) is 0 Å². The minimum atomic E-state index is -0.361. The van der Waals surface area contributed by atoms with Gasteiger partial charge in [0.05, 0.1) is 12.3 Å². The third kappa shape index (κ3) is 5.51. The minimum Gasteiger partial charge on any atom is -0.492 e.